The summed E-state index contributed by atoms with van der Waals surface area (Å²) >= 11 is 6.02. The van der Waals surface area contributed by atoms with Gasteiger partial charge in [0.15, 0.2) is 0 Å². The molecular formula is C22H23ClN2O5. The van der Waals surface area contributed by atoms with Crippen molar-refractivity contribution in [3.63, 3.8) is 0 Å². The van der Waals surface area contributed by atoms with Crippen LogP contribution in [0.25, 0.3) is 0 Å². The minimum Gasteiger partial charge on any atom is -0.497 e. The Labute approximate surface area is 180 Å². The van der Waals surface area contributed by atoms with Crippen LogP contribution in [-0.4, -0.2) is 44.3 Å². The Morgan fingerprint density at radius 2 is 1.90 bits per heavy atom. The number of hydrogen-bond donors (Lipinski definition) is 1. The second-order valence-corrected chi connectivity index (χ2v) is 6.98. The van der Waals surface area contributed by atoms with E-state index in [1.165, 1.54) is 4.90 Å². The molecule has 0 aromatic heterocycles. The normalized spacial score (nSPS) is 16.2. The molecule has 2 amide bonds. The van der Waals surface area contributed by atoms with Crippen LogP contribution < -0.4 is 14.8 Å². The van der Waals surface area contributed by atoms with Gasteiger partial charge in [0.05, 0.1) is 31.0 Å². The minimum absolute atomic E-state index is 0.0150. The number of hydrogen-bond acceptors (Lipinski definition) is 5. The Kier molecular flexibility index (Phi) is 6.84. The topological polar surface area (TPSA) is 77.1 Å². The summed E-state index contributed by atoms with van der Waals surface area (Å²) in [4.78, 5) is 26.9. The number of rotatable bonds is 7. The summed E-state index contributed by atoms with van der Waals surface area (Å²) in [5, 5.41) is 3.38. The fourth-order valence-electron chi connectivity index (χ4n) is 3.16. The van der Waals surface area contributed by atoms with Crippen molar-refractivity contribution in [1.82, 2.24) is 10.2 Å². The maximum atomic E-state index is 12.9. The summed E-state index contributed by atoms with van der Waals surface area (Å²) in [5.41, 5.74) is 1.40. The number of methoxy groups -OCH3 is 1. The molecule has 7 nitrogen and oxygen atoms in total. The molecular weight excluding hydrogens is 408 g/mol. The molecule has 0 bridgehead atoms. The smallest absolute Gasteiger partial charge is 0.338 e. The van der Waals surface area contributed by atoms with E-state index in [2.05, 4.69) is 5.32 Å². The molecule has 30 heavy (non-hydrogen) atoms. The standard InChI is InChI=1S/C22H23ClN2O5/c1-4-29-21(26)19-18(13-30-17-10-6-8-15(23)12-17)25(2)22(27)24-20(19)14-7-5-9-16(11-14)28-3/h5-12,20H,4,13H2,1-3H3,(H,24,27). The first-order valence-electron chi connectivity index (χ1n) is 9.41. The van der Waals surface area contributed by atoms with Gasteiger partial charge in [0.1, 0.15) is 18.1 Å². The highest BCUT2D eigenvalue weighted by Crippen LogP contribution is 2.33. The molecule has 8 heteroatoms. The molecule has 2 aromatic carbocycles. The van der Waals surface area contributed by atoms with E-state index in [0.29, 0.717) is 33.4 Å². The number of halogens is 1. The number of esters is 1. The first-order valence-corrected chi connectivity index (χ1v) is 9.79. The Morgan fingerprint density at radius 3 is 2.60 bits per heavy atom. The van der Waals surface area contributed by atoms with Gasteiger partial charge in [0, 0.05) is 12.1 Å². The summed E-state index contributed by atoms with van der Waals surface area (Å²) in [5.74, 6) is 0.609. The average Bonchev–Trinajstić information content (AvgIpc) is 2.74. The number of carbonyl (C=O) groups is 2. The van der Waals surface area contributed by atoms with E-state index in [0.717, 1.165) is 0 Å². The van der Waals surface area contributed by atoms with Gasteiger partial charge in [-0.15, -0.1) is 0 Å². The summed E-state index contributed by atoms with van der Waals surface area (Å²) < 4.78 is 16.4. The number of carbonyl (C=O) groups excluding carboxylic acids is 2. The zero-order valence-corrected chi connectivity index (χ0v) is 17.7. The maximum Gasteiger partial charge on any atom is 0.338 e. The largest absolute Gasteiger partial charge is 0.497 e. The van der Waals surface area contributed by atoms with Crippen molar-refractivity contribution >= 4 is 23.6 Å². The van der Waals surface area contributed by atoms with E-state index in [1.54, 1.807) is 63.5 Å². The van der Waals surface area contributed by atoms with Crippen molar-refractivity contribution in [3.05, 3.63) is 70.4 Å². The summed E-state index contributed by atoms with van der Waals surface area (Å²) in [6.45, 7) is 1.92. The van der Waals surface area contributed by atoms with E-state index in [9.17, 15) is 9.59 Å². The summed E-state index contributed by atoms with van der Waals surface area (Å²) in [7, 11) is 3.13. The molecule has 0 spiro atoms. The zero-order valence-electron chi connectivity index (χ0n) is 17.0. The molecule has 1 aliphatic rings. The molecule has 1 N–H and O–H groups in total. The number of nitrogens with one attached hydrogen (secondary N) is 1. The molecule has 158 valence electrons. The van der Waals surface area contributed by atoms with Crippen LogP contribution in [0, 0.1) is 0 Å². The Morgan fingerprint density at radius 1 is 1.17 bits per heavy atom. The van der Waals surface area contributed by atoms with Gasteiger partial charge in [-0.1, -0.05) is 29.8 Å². The SMILES string of the molecule is CCOC(=O)C1=C(COc2cccc(Cl)c2)N(C)C(=O)NC1c1cccc(OC)c1. The highest BCUT2D eigenvalue weighted by molar-refractivity contribution is 6.30. The van der Waals surface area contributed by atoms with Crippen LogP contribution in [0.4, 0.5) is 4.79 Å². The number of likely N-dealkylation sites (N-methyl/N-ethyl adjacent to an activating group) is 1. The lowest BCUT2D eigenvalue weighted by molar-refractivity contribution is -0.139. The number of amides is 2. The third-order valence-corrected chi connectivity index (χ3v) is 4.91. The second-order valence-electron chi connectivity index (χ2n) is 6.55. The molecule has 0 radical (unpaired) electrons. The van der Waals surface area contributed by atoms with Crippen LogP contribution in [0.1, 0.15) is 18.5 Å². The molecule has 0 aliphatic carbocycles. The van der Waals surface area contributed by atoms with Gasteiger partial charge in [0.2, 0.25) is 0 Å². The van der Waals surface area contributed by atoms with Crippen molar-refractivity contribution in [3.8, 4) is 11.5 Å². The van der Waals surface area contributed by atoms with Gasteiger partial charge in [0.25, 0.3) is 0 Å². The summed E-state index contributed by atoms with van der Waals surface area (Å²) in [6.07, 6.45) is 0. The third kappa shape index (κ3) is 4.68. The van der Waals surface area contributed by atoms with Gasteiger partial charge in [-0.2, -0.15) is 0 Å². The average molecular weight is 431 g/mol. The molecule has 0 saturated carbocycles. The lowest BCUT2D eigenvalue weighted by atomic mass is 9.94. The minimum atomic E-state index is -0.708. The quantitative estimate of drug-likeness (QED) is 0.673. The predicted molar refractivity (Wildman–Crippen MR) is 113 cm³/mol. The van der Waals surface area contributed by atoms with E-state index in [1.807, 2.05) is 6.07 Å². The van der Waals surface area contributed by atoms with Gasteiger partial charge in [-0.25, -0.2) is 9.59 Å². The van der Waals surface area contributed by atoms with Crippen molar-refractivity contribution in [2.75, 3.05) is 27.4 Å². The lowest BCUT2D eigenvalue weighted by Gasteiger charge is -2.34. The highest BCUT2D eigenvalue weighted by Gasteiger charge is 2.37. The Balaban J connectivity index is 2.04. The number of nitrogens with zero attached hydrogens (tertiary/aromatic N) is 1. The van der Waals surface area contributed by atoms with Gasteiger partial charge in [-0.05, 0) is 42.8 Å². The van der Waals surface area contributed by atoms with Crippen molar-refractivity contribution in [2.24, 2.45) is 0 Å². The molecule has 2 aromatic rings. The molecule has 1 atom stereocenters. The molecule has 1 heterocycles. The van der Waals surface area contributed by atoms with Gasteiger partial charge in [-0.3, -0.25) is 4.90 Å². The van der Waals surface area contributed by atoms with Crippen LogP contribution in [0.2, 0.25) is 5.02 Å². The fraction of sp³-hybridized carbons (Fsp3) is 0.273. The number of benzene rings is 2. The van der Waals surface area contributed by atoms with Gasteiger partial charge < -0.3 is 19.5 Å². The van der Waals surface area contributed by atoms with E-state index in [4.69, 9.17) is 25.8 Å². The zero-order chi connectivity index (χ0) is 21.7. The van der Waals surface area contributed by atoms with Crippen molar-refractivity contribution < 1.29 is 23.8 Å². The van der Waals surface area contributed by atoms with Crippen LogP contribution in [0.15, 0.2) is 59.8 Å². The number of urea groups is 1. The first kappa shape index (κ1) is 21.5. The van der Waals surface area contributed by atoms with E-state index in [-0.39, 0.29) is 19.2 Å². The fourth-order valence-corrected chi connectivity index (χ4v) is 3.34. The lowest BCUT2D eigenvalue weighted by Crippen LogP contribution is -2.48. The third-order valence-electron chi connectivity index (χ3n) is 4.67. The van der Waals surface area contributed by atoms with Crippen LogP contribution in [-0.2, 0) is 9.53 Å². The Bertz CT molecular complexity index is 976. The molecule has 1 aliphatic heterocycles. The van der Waals surface area contributed by atoms with Crippen molar-refractivity contribution in [2.45, 2.75) is 13.0 Å². The number of ether oxygens (including phenoxy) is 3. The maximum absolute atomic E-state index is 12.9. The molecule has 0 saturated heterocycles. The van der Waals surface area contributed by atoms with E-state index >= 15 is 0 Å². The molecule has 3 rings (SSSR count). The van der Waals surface area contributed by atoms with Crippen LogP contribution in [0.3, 0.4) is 0 Å². The van der Waals surface area contributed by atoms with E-state index < -0.39 is 12.0 Å². The predicted octanol–water partition coefficient (Wildman–Crippen LogP) is 3.94. The second kappa shape index (κ2) is 9.54. The van der Waals surface area contributed by atoms with Crippen molar-refractivity contribution in [1.29, 1.82) is 0 Å². The monoisotopic (exact) mass is 430 g/mol. The van der Waals surface area contributed by atoms with Crippen LogP contribution in [0.5, 0.6) is 11.5 Å². The highest BCUT2D eigenvalue weighted by atomic mass is 35.5. The molecule has 0 fully saturated rings. The first-order chi connectivity index (χ1) is 14.4. The Hall–Kier alpha value is -3.19. The molecule has 1 unspecified atom stereocenters. The van der Waals surface area contributed by atoms with Gasteiger partial charge >= 0.3 is 12.0 Å². The van der Waals surface area contributed by atoms with Crippen LogP contribution >= 0.6 is 11.6 Å². The summed E-state index contributed by atoms with van der Waals surface area (Å²) in [6, 6.07) is 13.0.